The van der Waals surface area contributed by atoms with Crippen LogP contribution in [0.5, 0.6) is 5.75 Å². The van der Waals surface area contributed by atoms with Crippen molar-refractivity contribution >= 4 is 10.8 Å². The first-order valence-corrected chi connectivity index (χ1v) is 6.48. The van der Waals surface area contributed by atoms with E-state index in [4.69, 9.17) is 9.47 Å². The second kappa shape index (κ2) is 6.04. The molecule has 3 nitrogen and oxygen atoms in total. The van der Waals surface area contributed by atoms with Crippen LogP contribution in [-0.4, -0.2) is 24.9 Å². The zero-order valence-corrected chi connectivity index (χ0v) is 11.6. The Balaban J connectivity index is 2.43. The summed E-state index contributed by atoms with van der Waals surface area (Å²) >= 11 is 0. The minimum atomic E-state index is -0.691. The first-order valence-electron chi connectivity index (χ1n) is 6.48. The molecule has 102 valence electrons. The van der Waals surface area contributed by atoms with E-state index in [2.05, 4.69) is 0 Å². The maximum absolute atomic E-state index is 10.4. The molecule has 0 amide bonds. The molecule has 2 rings (SSSR count). The molecular formula is C16H20O3. The average molecular weight is 260 g/mol. The zero-order valence-electron chi connectivity index (χ0n) is 11.6. The number of methoxy groups -OCH3 is 1. The van der Waals surface area contributed by atoms with Gasteiger partial charge in [0.2, 0.25) is 0 Å². The van der Waals surface area contributed by atoms with Crippen molar-refractivity contribution in [2.45, 2.75) is 26.1 Å². The van der Waals surface area contributed by atoms with E-state index in [0.29, 0.717) is 5.75 Å². The van der Waals surface area contributed by atoms with Gasteiger partial charge in [-0.25, -0.2) is 0 Å². The van der Waals surface area contributed by atoms with E-state index < -0.39 is 6.10 Å². The van der Waals surface area contributed by atoms with Crippen LogP contribution in [0.3, 0.4) is 0 Å². The Kier molecular flexibility index (Phi) is 4.40. The predicted octanol–water partition coefficient (Wildman–Crippen LogP) is 3.31. The highest BCUT2D eigenvalue weighted by molar-refractivity contribution is 5.88. The van der Waals surface area contributed by atoms with Crippen LogP contribution < -0.4 is 4.74 Å². The maximum atomic E-state index is 10.4. The Hall–Kier alpha value is -1.58. The first kappa shape index (κ1) is 13.8. The number of hydrogen-bond donors (Lipinski definition) is 1. The molecule has 1 N–H and O–H groups in total. The molecule has 0 saturated carbocycles. The summed E-state index contributed by atoms with van der Waals surface area (Å²) in [5.41, 5.74) is 0.793. The molecule has 3 heteroatoms. The van der Waals surface area contributed by atoms with Gasteiger partial charge in [0.1, 0.15) is 11.9 Å². The number of aliphatic hydroxyl groups excluding tert-OH is 1. The van der Waals surface area contributed by atoms with Gasteiger partial charge in [-0.15, -0.1) is 0 Å². The summed E-state index contributed by atoms with van der Waals surface area (Å²) in [5.74, 6) is 0.693. The molecule has 1 unspecified atom stereocenters. The summed E-state index contributed by atoms with van der Waals surface area (Å²) in [6, 6.07) is 11.8. The van der Waals surface area contributed by atoms with Crippen molar-refractivity contribution in [3.63, 3.8) is 0 Å². The molecule has 0 heterocycles. The molecule has 0 fully saturated rings. The molecule has 0 aliphatic heterocycles. The predicted molar refractivity (Wildman–Crippen MR) is 76.5 cm³/mol. The van der Waals surface area contributed by atoms with Gasteiger partial charge in [-0.1, -0.05) is 30.3 Å². The van der Waals surface area contributed by atoms with Crippen LogP contribution in [0.4, 0.5) is 0 Å². The molecule has 0 bridgehead atoms. The van der Waals surface area contributed by atoms with Crippen molar-refractivity contribution < 1.29 is 14.6 Å². The van der Waals surface area contributed by atoms with Gasteiger partial charge in [0.15, 0.2) is 0 Å². The molecule has 0 aliphatic rings. The molecule has 0 radical (unpaired) electrons. The van der Waals surface area contributed by atoms with Gasteiger partial charge in [-0.05, 0) is 30.7 Å². The average Bonchev–Trinajstić information content (AvgIpc) is 2.43. The van der Waals surface area contributed by atoms with E-state index in [-0.39, 0.29) is 12.7 Å². The number of fused-ring (bicyclic) bond motifs is 1. The summed E-state index contributed by atoms with van der Waals surface area (Å²) in [5, 5.41) is 12.5. The monoisotopic (exact) mass is 260 g/mol. The van der Waals surface area contributed by atoms with Crippen LogP contribution in [0, 0.1) is 0 Å². The van der Waals surface area contributed by atoms with Crippen LogP contribution in [0.1, 0.15) is 25.5 Å². The fourth-order valence-electron chi connectivity index (χ4n) is 2.16. The lowest BCUT2D eigenvalue weighted by Gasteiger charge is -2.18. The number of aliphatic hydroxyl groups is 1. The van der Waals surface area contributed by atoms with Gasteiger partial charge in [0.25, 0.3) is 0 Å². The summed E-state index contributed by atoms with van der Waals surface area (Å²) in [7, 11) is 1.61. The van der Waals surface area contributed by atoms with Crippen molar-refractivity contribution in [2.24, 2.45) is 0 Å². The van der Waals surface area contributed by atoms with Crippen molar-refractivity contribution in [1.29, 1.82) is 0 Å². The Bertz CT molecular complexity index is 549. The quantitative estimate of drug-likeness (QED) is 0.896. The molecule has 1 atom stereocenters. The summed E-state index contributed by atoms with van der Waals surface area (Å²) in [6.45, 7) is 4.17. The Morgan fingerprint density at radius 3 is 2.53 bits per heavy atom. The minimum absolute atomic E-state index is 0.0932. The first-order chi connectivity index (χ1) is 9.13. The highest BCUT2D eigenvalue weighted by Crippen LogP contribution is 2.33. The SMILES string of the molecule is COc1ccc2ccccc2c1C(O)COC(C)C. The molecule has 19 heavy (non-hydrogen) atoms. The Morgan fingerprint density at radius 2 is 1.84 bits per heavy atom. The third-order valence-corrected chi connectivity index (χ3v) is 3.07. The van der Waals surface area contributed by atoms with Crippen molar-refractivity contribution in [1.82, 2.24) is 0 Å². The number of rotatable bonds is 5. The second-order valence-electron chi connectivity index (χ2n) is 4.80. The van der Waals surface area contributed by atoms with Crippen molar-refractivity contribution in [3.05, 3.63) is 42.0 Å². The van der Waals surface area contributed by atoms with Crippen LogP contribution in [-0.2, 0) is 4.74 Å². The lowest BCUT2D eigenvalue weighted by molar-refractivity contribution is 0.00468. The number of hydrogen-bond acceptors (Lipinski definition) is 3. The fourth-order valence-corrected chi connectivity index (χ4v) is 2.16. The summed E-state index contributed by atoms with van der Waals surface area (Å²) in [6.07, 6.45) is -0.598. The smallest absolute Gasteiger partial charge is 0.125 e. The van der Waals surface area contributed by atoms with E-state index in [9.17, 15) is 5.11 Å². The van der Waals surface area contributed by atoms with Gasteiger partial charge in [-0.3, -0.25) is 0 Å². The topological polar surface area (TPSA) is 38.7 Å². The minimum Gasteiger partial charge on any atom is -0.496 e. The number of ether oxygens (including phenoxy) is 2. The molecule has 2 aromatic carbocycles. The molecule has 2 aromatic rings. The molecule has 0 aromatic heterocycles. The second-order valence-corrected chi connectivity index (χ2v) is 4.80. The number of benzene rings is 2. The molecule has 0 saturated heterocycles. The lowest BCUT2D eigenvalue weighted by atomic mass is 9.99. The van der Waals surface area contributed by atoms with E-state index in [0.717, 1.165) is 16.3 Å². The van der Waals surface area contributed by atoms with E-state index in [1.165, 1.54) is 0 Å². The maximum Gasteiger partial charge on any atom is 0.125 e. The van der Waals surface area contributed by atoms with Crippen LogP contribution in [0.15, 0.2) is 36.4 Å². The van der Waals surface area contributed by atoms with Crippen LogP contribution >= 0.6 is 0 Å². The van der Waals surface area contributed by atoms with E-state index in [1.54, 1.807) is 7.11 Å². The third-order valence-electron chi connectivity index (χ3n) is 3.07. The van der Waals surface area contributed by atoms with Gasteiger partial charge >= 0.3 is 0 Å². The van der Waals surface area contributed by atoms with Crippen molar-refractivity contribution in [3.8, 4) is 5.75 Å². The van der Waals surface area contributed by atoms with Gasteiger partial charge < -0.3 is 14.6 Å². The largest absolute Gasteiger partial charge is 0.496 e. The summed E-state index contributed by atoms with van der Waals surface area (Å²) < 4.78 is 10.9. The lowest BCUT2D eigenvalue weighted by Crippen LogP contribution is -2.13. The fraction of sp³-hybridized carbons (Fsp3) is 0.375. The molecular weight excluding hydrogens is 240 g/mol. The van der Waals surface area contributed by atoms with E-state index >= 15 is 0 Å². The third kappa shape index (κ3) is 3.06. The highest BCUT2D eigenvalue weighted by atomic mass is 16.5. The zero-order chi connectivity index (χ0) is 13.8. The standard InChI is InChI=1S/C16H20O3/c1-11(2)19-10-14(17)16-13-7-5-4-6-12(13)8-9-15(16)18-3/h4-9,11,14,17H,10H2,1-3H3. The molecule has 0 spiro atoms. The van der Waals surface area contributed by atoms with Gasteiger partial charge in [0, 0.05) is 5.56 Å². The Labute approximate surface area is 113 Å². The van der Waals surface area contributed by atoms with E-state index in [1.807, 2.05) is 50.2 Å². The highest BCUT2D eigenvalue weighted by Gasteiger charge is 2.17. The van der Waals surface area contributed by atoms with Crippen LogP contribution in [0.2, 0.25) is 0 Å². The van der Waals surface area contributed by atoms with Gasteiger partial charge in [-0.2, -0.15) is 0 Å². The van der Waals surface area contributed by atoms with Crippen molar-refractivity contribution in [2.75, 3.05) is 13.7 Å². The molecule has 0 aliphatic carbocycles. The van der Waals surface area contributed by atoms with Gasteiger partial charge in [0.05, 0.1) is 19.8 Å². The Morgan fingerprint density at radius 1 is 1.11 bits per heavy atom. The summed E-state index contributed by atoms with van der Waals surface area (Å²) in [4.78, 5) is 0. The normalized spacial score (nSPS) is 12.9. The van der Waals surface area contributed by atoms with Crippen LogP contribution in [0.25, 0.3) is 10.8 Å².